The Kier molecular flexibility index (Phi) is 6.14. The van der Waals surface area contributed by atoms with Crippen molar-refractivity contribution in [1.82, 2.24) is 9.88 Å². The summed E-state index contributed by atoms with van der Waals surface area (Å²) in [5.41, 5.74) is 0.327. The van der Waals surface area contributed by atoms with E-state index in [0.717, 1.165) is 0 Å². The van der Waals surface area contributed by atoms with E-state index in [1.807, 2.05) is 0 Å². The van der Waals surface area contributed by atoms with Crippen LogP contribution in [0.3, 0.4) is 0 Å². The lowest BCUT2D eigenvalue weighted by Crippen LogP contribution is -2.35. The van der Waals surface area contributed by atoms with Crippen molar-refractivity contribution >= 4 is 23.5 Å². The molecule has 0 bridgehead atoms. The van der Waals surface area contributed by atoms with Gasteiger partial charge >= 0.3 is 5.97 Å². The number of hydrogen-bond donors (Lipinski definition) is 1. The smallest absolute Gasteiger partial charge is 0.307 e. The lowest BCUT2D eigenvalue weighted by atomic mass is 10.0. The molecule has 24 heavy (non-hydrogen) atoms. The van der Waals surface area contributed by atoms with Crippen LogP contribution in [0.5, 0.6) is 0 Å². The van der Waals surface area contributed by atoms with Gasteiger partial charge in [-0.15, -0.1) is 0 Å². The second kappa shape index (κ2) is 8.31. The van der Waals surface area contributed by atoms with Crippen molar-refractivity contribution in [1.29, 1.82) is 0 Å². The molecule has 2 aromatic rings. The predicted octanol–water partition coefficient (Wildman–Crippen LogP) is 1.92. The van der Waals surface area contributed by atoms with E-state index in [4.69, 9.17) is 11.6 Å². The number of nitrogens with one attached hydrogen (secondary N) is 1. The Labute approximate surface area is 144 Å². The van der Waals surface area contributed by atoms with Crippen LogP contribution < -0.4 is 10.9 Å². The van der Waals surface area contributed by atoms with Gasteiger partial charge in [0.2, 0.25) is 5.91 Å². The molecule has 0 aliphatic carbocycles. The molecule has 7 heteroatoms. The van der Waals surface area contributed by atoms with Crippen molar-refractivity contribution in [3.63, 3.8) is 0 Å². The first-order valence-electron chi connectivity index (χ1n) is 7.27. The standard InChI is InChI=1S/C17H17ClN2O4/c1-24-17(23)10-14(12-6-2-3-7-13(12)18)19-15(21)11-20-9-5-4-8-16(20)22/h2-9,14H,10-11H2,1H3,(H,19,21). The van der Waals surface area contributed by atoms with Crippen LogP contribution in [-0.4, -0.2) is 23.6 Å². The Bertz CT molecular complexity index is 788. The molecule has 0 saturated heterocycles. The van der Waals surface area contributed by atoms with Gasteiger partial charge in [-0.05, 0) is 17.7 Å². The van der Waals surface area contributed by atoms with Crippen LogP contribution in [0.1, 0.15) is 18.0 Å². The molecule has 0 radical (unpaired) electrons. The van der Waals surface area contributed by atoms with Gasteiger partial charge in [-0.25, -0.2) is 0 Å². The number of nitrogens with zero attached hydrogens (tertiary/aromatic N) is 1. The zero-order valence-corrected chi connectivity index (χ0v) is 13.8. The summed E-state index contributed by atoms with van der Waals surface area (Å²) in [5, 5.41) is 3.17. The first-order chi connectivity index (χ1) is 11.5. The number of methoxy groups -OCH3 is 1. The van der Waals surface area contributed by atoms with Crippen LogP contribution in [0.4, 0.5) is 0 Å². The lowest BCUT2D eigenvalue weighted by Gasteiger charge is -2.19. The number of carbonyl (C=O) groups excluding carboxylic acids is 2. The van der Waals surface area contributed by atoms with Crippen LogP contribution >= 0.6 is 11.6 Å². The molecular formula is C17H17ClN2O4. The van der Waals surface area contributed by atoms with E-state index < -0.39 is 17.9 Å². The maximum atomic E-state index is 12.3. The molecule has 0 spiro atoms. The predicted molar refractivity (Wildman–Crippen MR) is 89.7 cm³/mol. The van der Waals surface area contributed by atoms with Gasteiger partial charge in [0.05, 0.1) is 19.6 Å². The zero-order chi connectivity index (χ0) is 17.5. The van der Waals surface area contributed by atoms with Gasteiger partial charge in [-0.2, -0.15) is 0 Å². The number of hydrogen-bond acceptors (Lipinski definition) is 4. The zero-order valence-electron chi connectivity index (χ0n) is 13.1. The fourth-order valence-electron chi connectivity index (χ4n) is 2.23. The molecule has 126 valence electrons. The maximum Gasteiger partial charge on any atom is 0.307 e. The molecule has 2 rings (SSSR count). The van der Waals surface area contributed by atoms with Crippen LogP contribution in [-0.2, 0) is 20.9 Å². The van der Waals surface area contributed by atoms with Gasteiger partial charge in [0.25, 0.3) is 5.56 Å². The fraction of sp³-hybridized carbons (Fsp3) is 0.235. The second-order valence-electron chi connectivity index (χ2n) is 5.09. The van der Waals surface area contributed by atoms with Crippen LogP contribution in [0.25, 0.3) is 0 Å². The summed E-state index contributed by atoms with van der Waals surface area (Å²) >= 11 is 6.16. The molecule has 0 fully saturated rings. The minimum atomic E-state index is -0.641. The molecule has 1 atom stereocenters. The Morgan fingerprint density at radius 1 is 1.21 bits per heavy atom. The molecule has 0 aliphatic rings. The van der Waals surface area contributed by atoms with Crippen molar-refractivity contribution in [3.8, 4) is 0 Å². The lowest BCUT2D eigenvalue weighted by molar-refractivity contribution is -0.141. The van der Waals surface area contributed by atoms with E-state index in [1.54, 1.807) is 36.4 Å². The number of carbonyl (C=O) groups is 2. The Balaban J connectivity index is 2.17. The topological polar surface area (TPSA) is 77.4 Å². The average Bonchev–Trinajstić information content (AvgIpc) is 2.56. The highest BCUT2D eigenvalue weighted by molar-refractivity contribution is 6.31. The normalized spacial score (nSPS) is 11.6. The van der Waals surface area contributed by atoms with E-state index in [1.165, 1.54) is 23.9 Å². The van der Waals surface area contributed by atoms with Crippen molar-refractivity contribution in [2.24, 2.45) is 0 Å². The SMILES string of the molecule is COC(=O)CC(NC(=O)Cn1ccccc1=O)c1ccccc1Cl. The fourth-order valence-corrected chi connectivity index (χ4v) is 2.50. The highest BCUT2D eigenvalue weighted by atomic mass is 35.5. The molecular weight excluding hydrogens is 332 g/mol. The van der Waals surface area contributed by atoms with Crippen molar-refractivity contribution in [3.05, 3.63) is 69.6 Å². The second-order valence-corrected chi connectivity index (χ2v) is 5.50. The van der Waals surface area contributed by atoms with Crippen molar-refractivity contribution in [2.45, 2.75) is 19.0 Å². The summed E-state index contributed by atoms with van der Waals surface area (Å²) in [6.07, 6.45) is 1.46. The van der Waals surface area contributed by atoms with E-state index in [2.05, 4.69) is 10.1 Å². The minimum absolute atomic E-state index is 0.0599. The monoisotopic (exact) mass is 348 g/mol. The highest BCUT2D eigenvalue weighted by Gasteiger charge is 2.21. The number of rotatable bonds is 6. The number of benzene rings is 1. The molecule has 1 amide bonds. The summed E-state index contributed by atoms with van der Waals surface area (Å²) in [6, 6.07) is 10.9. The third kappa shape index (κ3) is 4.70. The summed E-state index contributed by atoms with van der Waals surface area (Å²) < 4.78 is 5.95. The van der Waals surface area contributed by atoms with E-state index >= 15 is 0 Å². The number of esters is 1. The summed E-state index contributed by atoms with van der Waals surface area (Å²) in [6.45, 7) is -0.151. The minimum Gasteiger partial charge on any atom is -0.469 e. The van der Waals surface area contributed by atoms with Gasteiger partial charge in [0, 0.05) is 17.3 Å². The number of aromatic nitrogens is 1. The highest BCUT2D eigenvalue weighted by Crippen LogP contribution is 2.25. The Morgan fingerprint density at radius 3 is 2.58 bits per heavy atom. The van der Waals surface area contributed by atoms with Gasteiger partial charge in [0.15, 0.2) is 0 Å². The first kappa shape index (κ1) is 17.7. The summed E-state index contributed by atoms with van der Waals surface area (Å²) in [5.74, 6) is -0.880. The largest absolute Gasteiger partial charge is 0.469 e. The summed E-state index contributed by atoms with van der Waals surface area (Å²) in [4.78, 5) is 35.6. The van der Waals surface area contributed by atoms with Gasteiger partial charge in [-0.3, -0.25) is 14.4 Å². The summed E-state index contributed by atoms with van der Waals surface area (Å²) in [7, 11) is 1.28. The first-order valence-corrected chi connectivity index (χ1v) is 7.65. The maximum absolute atomic E-state index is 12.3. The van der Waals surface area contributed by atoms with Crippen LogP contribution in [0.15, 0.2) is 53.5 Å². The number of amides is 1. The third-order valence-corrected chi connectivity index (χ3v) is 3.77. The van der Waals surface area contributed by atoms with Crippen molar-refractivity contribution in [2.75, 3.05) is 7.11 Å². The van der Waals surface area contributed by atoms with Gasteiger partial charge < -0.3 is 14.6 Å². The molecule has 1 N–H and O–H groups in total. The van der Waals surface area contributed by atoms with Gasteiger partial charge in [-0.1, -0.05) is 35.9 Å². The Hall–Kier alpha value is -2.60. The van der Waals surface area contributed by atoms with Crippen LogP contribution in [0, 0.1) is 0 Å². The molecule has 0 saturated carbocycles. The molecule has 1 aromatic heterocycles. The Morgan fingerprint density at radius 2 is 1.92 bits per heavy atom. The van der Waals surface area contributed by atoms with Crippen molar-refractivity contribution < 1.29 is 14.3 Å². The van der Waals surface area contributed by atoms with E-state index in [-0.39, 0.29) is 18.5 Å². The van der Waals surface area contributed by atoms with E-state index in [9.17, 15) is 14.4 Å². The van der Waals surface area contributed by atoms with Crippen LogP contribution in [0.2, 0.25) is 5.02 Å². The molecule has 1 aromatic carbocycles. The quantitative estimate of drug-likeness (QED) is 0.809. The van der Waals surface area contributed by atoms with E-state index in [0.29, 0.717) is 10.6 Å². The van der Waals surface area contributed by atoms with Gasteiger partial charge in [0.1, 0.15) is 6.54 Å². The molecule has 1 unspecified atom stereocenters. The molecule has 1 heterocycles. The molecule has 0 aliphatic heterocycles. The number of pyridine rings is 1. The number of halogens is 1. The molecule has 6 nitrogen and oxygen atoms in total. The third-order valence-electron chi connectivity index (χ3n) is 3.43. The average molecular weight is 349 g/mol. The number of ether oxygens (including phenoxy) is 1.